The summed E-state index contributed by atoms with van der Waals surface area (Å²) in [7, 11) is 1.59. The van der Waals surface area contributed by atoms with Gasteiger partial charge in [0.15, 0.2) is 6.61 Å². The Morgan fingerprint density at radius 1 is 0.968 bits per heavy atom. The average molecular weight is 420 g/mol. The lowest BCUT2D eigenvalue weighted by Gasteiger charge is -2.20. The second-order valence-electron chi connectivity index (χ2n) is 7.02. The van der Waals surface area contributed by atoms with E-state index in [2.05, 4.69) is 5.32 Å². The zero-order chi connectivity index (χ0) is 22.1. The van der Waals surface area contributed by atoms with E-state index in [1.807, 2.05) is 30.3 Å². The van der Waals surface area contributed by atoms with E-state index < -0.39 is 18.6 Å². The lowest BCUT2D eigenvalue weighted by atomic mass is 10.1. The monoisotopic (exact) mass is 420 g/mol. The van der Waals surface area contributed by atoms with Crippen molar-refractivity contribution in [1.29, 1.82) is 0 Å². The Hall–Kier alpha value is -3.87. The number of furan rings is 1. The molecule has 1 unspecified atom stereocenters. The normalized spacial score (nSPS) is 11.4. The Morgan fingerprint density at radius 2 is 1.65 bits per heavy atom. The van der Waals surface area contributed by atoms with Crippen LogP contribution in [0.15, 0.2) is 83.5 Å². The van der Waals surface area contributed by atoms with Gasteiger partial charge in [-0.2, -0.15) is 0 Å². The number of hydrogen-bond acceptors (Lipinski definition) is 5. The van der Waals surface area contributed by atoms with Crippen LogP contribution in [0, 0.1) is 0 Å². The van der Waals surface area contributed by atoms with Crippen LogP contribution in [0.1, 0.15) is 21.7 Å². The molecule has 0 saturated heterocycles. The molecular weight excluding hydrogens is 396 g/mol. The van der Waals surface area contributed by atoms with E-state index >= 15 is 0 Å². The highest BCUT2D eigenvalue weighted by Gasteiger charge is 2.25. The second kappa shape index (κ2) is 10.8. The first kappa shape index (κ1) is 21.8. The summed E-state index contributed by atoms with van der Waals surface area (Å²) in [5, 5.41) is 2.72. The van der Waals surface area contributed by atoms with Crippen LogP contribution in [0.2, 0.25) is 0 Å². The Balaban J connectivity index is 1.62. The van der Waals surface area contributed by atoms with Gasteiger partial charge in [0.25, 0.3) is 11.8 Å². The predicted octanol–water partition coefficient (Wildman–Crippen LogP) is 2.82. The van der Waals surface area contributed by atoms with Gasteiger partial charge in [-0.05, 0) is 29.8 Å². The van der Waals surface area contributed by atoms with Crippen LogP contribution in [0.4, 0.5) is 0 Å². The minimum Gasteiger partial charge on any atom is -0.467 e. The van der Waals surface area contributed by atoms with E-state index in [-0.39, 0.29) is 24.8 Å². The molecule has 0 fully saturated rings. The molecule has 2 amide bonds. The fraction of sp³-hybridized carbons (Fsp3) is 0.208. The molecule has 0 aliphatic heterocycles. The molecule has 7 nitrogen and oxygen atoms in total. The number of carbonyl (C=O) groups is 3. The summed E-state index contributed by atoms with van der Waals surface area (Å²) in [6.45, 7) is -0.163. The van der Waals surface area contributed by atoms with E-state index in [4.69, 9.17) is 9.15 Å². The van der Waals surface area contributed by atoms with E-state index in [0.717, 1.165) is 5.56 Å². The Bertz CT molecular complexity index is 987. The number of benzene rings is 2. The molecule has 3 rings (SSSR count). The van der Waals surface area contributed by atoms with E-state index in [1.54, 1.807) is 49.5 Å². The maximum atomic E-state index is 12.7. The zero-order valence-electron chi connectivity index (χ0n) is 17.2. The fourth-order valence-corrected chi connectivity index (χ4v) is 2.94. The van der Waals surface area contributed by atoms with Crippen LogP contribution >= 0.6 is 0 Å². The molecule has 0 aliphatic carbocycles. The second-order valence-corrected chi connectivity index (χ2v) is 7.02. The molecule has 1 aromatic heterocycles. The molecule has 2 aromatic carbocycles. The van der Waals surface area contributed by atoms with Crippen LogP contribution in [0.25, 0.3) is 0 Å². The van der Waals surface area contributed by atoms with E-state index in [0.29, 0.717) is 11.3 Å². The van der Waals surface area contributed by atoms with Crippen molar-refractivity contribution in [2.45, 2.75) is 19.0 Å². The molecule has 160 valence electrons. The molecule has 0 radical (unpaired) electrons. The van der Waals surface area contributed by atoms with Crippen LogP contribution < -0.4 is 5.32 Å². The van der Waals surface area contributed by atoms with Gasteiger partial charge in [0.2, 0.25) is 0 Å². The maximum absolute atomic E-state index is 12.7. The highest BCUT2D eigenvalue weighted by molar-refractivity contribution is 5.97. The summed E-state index contributed by atoms with van der Waals surface area (Å²) < 4.78 is 10.5. The summed E-state index contributed by atoms with van der Waals surface area (Å²) in [4.78, 5) is 39.0. The van der Waals surface area contributed by atoms with Crippen molar-refractivity contribution in [3.05, 3.63) is 95.9 Å². The summed E-state index contributed by atoms with van der Waals surface area (Å²) in [5.41, 5.74) is 1.29. The summed E-state index contributed by atoms with van der Waals surface area (Å²) >= 11 is 0. The quantitative estimate of drug-likeness (QED) is 0.538. The van der Waals surface area contributed by atoms with Crippen molar-refractivity contribution in [3.63, 3.8) is 0 Å². The van der Waals surface area contributed by atoms with Gasteiger partial charge in [0.1, 0.15) is 11.8 Å². The molecule has 0 saturated carbocycles. The topological polar surface area (TPSA) is 88.8 Å². The number of ether oxygens (including phenoxy) is 1. The van der Waals surface area contributed by atoms with Crippen LogP contribution in [0.3, 0.4) is 0 Å². The minimum atomic E-state index is -0.932. The number of rotatable bonds is 9. The summed E-state index contributed by atoms with van der Waals surface area (Å²) in [6, 6.07) is 20.5. The first-order valence-corrected chi connectivity index (χ1v) is 9.86. The van der Waals surface area contributed by atoms with Gasteiger partial charge in [-0.25, -0.2) is 4.79 Å². The Labute approximate surface area is 180 Å². The number of carbonyl (C=O) groups excluding carboxylic acids is 3. The largest absolute Gasteiger partial charge is 0.467 e. The molecule has 31 heavy (non-hydrogen) atoms. The first-order chi connectivity index (χ1) is 15.0. The smallest absolute Gasteiger partial charge is 0.329 e. The number of hydrogen-bond donors (Lipinski definition) is 1. The Morgan fingerprint density at radius 3 is 2.29 bits per heavy atom. The predicted molar refractivity (Wildman–Crippen MR) is 114 cm³/mol. The van der Waals surface area contributed by atoms with Crippen LogP contribution in [0.5, 0.6) is 0 Å². The number of likely N-dealkylation sites (N-methyl/N-ethyl adjacent to an activating group) is 1. The van der Waals surface area contributed by atoms with Gasteiger partial charge in [-0.1, -0.05) is 48.5 Å². The third-order valence-electron chi connectivity index (χ3n) is 4.65. The van der Waals surface area contributed by atoms with E-state index in [1.165, 1.54) is 11.2 Å². The Kier molecular flexibility index (Phi) is 7.59. The van der Waals surface area contributed by atoms with Crippen LogP contribution in [-0.4, -0.2) is 42.4 Å². The molecule has 0 aliphatic rings. The standard InChI is InChI=1S/C24H24N2O5/c1-26(16-20-13-8-14-30-20)22(27)17-31-24(29)21(15-18-9-4-2-5-10-18)25-23(28)19-11-6-3-7-12-19/h2-14,21H,15-17H2,1H3,(H,25,28). The van der Waals surface area contributed by atoms with Gasteiger partial charge in [0, 0.05) is 19.0 Å². The molecule has 1 N–H and O–H groups in total. The molecule has 3 aromatic rings. The van der Waals surface area contributed by atoms with Gasteiger partial charge in [0.05, 0.1) is 12.8 Å². The molecule has 1 atom stereocenters. The number of nitrogens with zero attached hydrogens (tertiary/aromatic N) is 1. The molecule has 0 spiro atoms. The third kappa shape index (κ3) is 6.57. The van der Waals surface area contributed by atoms with Gasteiger partial charge >= 0.3 is 5.97 Å². The summed E-state index contributed by atoms with van der Waals surface area (Å²) in [5.74, 6) is -0.815. The van der Waals surface area contributed by atoms with Crippen LogP contribution in [-0.2, 0) is 27.3 Å². The molecule has 7 heteroatoms. The van der Waals surface area contributed by atoms with Gasteiger partial charge in [-0.15, -0.1) is 0 Å². The maximum Gasteiger partial charge on any atom is 0.329 e. The number of esters is 1. The first-order valence-electron chi connectivity index (χ1n) is 9.86. The SMILES string of the molecule is CN(Cc1ccco1)C(=O)COC(=O)C(Cc1ccccc1)NC(=O)c1ccccc1. The van der Waals surface area contributed by atoms with Crippen molar-refractivity contribution in [3.8, 4) is 0 Å². The number of nitrogens with one attached hydrogen (secondary N) is 1. The summed E-state index contributed by atoms with van der Waals surface area (Å²) in [6.07, 6.45) is 1.77. The highest BCUT2D eigenvalue weighted by atomic mass is 16.5. The van der Waals surface area contributed by atoms with Crippen molar-refractivity contribution < 1.29 is 23.5 Å². The zero-order valence-corrected chi connectivity index (χ0v) is 17.2. The molecule has 0 bridgehead atoms. The van der Waals surface area contributed by atoms with Gasteiger partial charge < -0.3 is 19.4 Å². The molecular formula is C24H24N2O5. The third-order valence-corrected chi connectivity index (χ3v) is 4.65. The van der Waals surface area contributed by atoms with Crippen molar-refractivity contribution in [1.82, 2.24) is 10.2 Å². The van der Waals surface area contributed by atoms with Crippen molar-refractivity contribution in [2.75, 3.05) is 13.7 Å². The van der Waals surface area contributed by atoms with E-state index in [9.17, 15) is 14.4 Å². The number of amides is 2. The minimum absolute atomic E-state index is 0.245. The lowest BCUT2D eigenvalue weighted by molar-refractivity contribution is -0.153. The highest BCUT2D eigenvalue weighted by Crippen LogP contribution is 2.08. The lowest BCUT2D eigenvalue weighted by Crippen LogP contribution is -2.44. The van der Waals surface area contributed by atoms with Crippen molar-refractivity contribution >= 4 is 17.8 Å². The fourth-order valence-electron chi connectivity index (χ4n) is 2.94. The molecule has 1 heterocycles. The average Bonchev–Trinajstić information content (AvgIpc) is 3.31. The van der Waals surface area contributed by atoms with Crippen molar-refractivity contribution in [2.24, 2.45) is 0 Å². The van der Waals surface area contributed by atoms with Gasteiger partial charge in [-0.3, -0.25) is 9.59 Å².